The average molecular weight is 222 g/mol. The summed E-state index contributed by atoms with van der Waals surface area (Å²) in [7, 11) is 0. The normalized spacial score (nSPS) is 16.2. The van der Waals surface area contributed by atoms with E-state index in [2.05, 4.69) is 10.3 Å². The third-order valence-corrected chi connectivity index (χ3v) is 2.63. The van der Waals surface area contributed by atoms with Crippen LogP contribution in [0.4, 0.5) is 0 Å². The minimum absolute atomic E-state index is 0.0333. The SMILES string of the molecule is CC(C)(N)c1cncn1CC(=O)NC1CC1. The molecule has 1 aliphatic rings. The molecule has 0 spiro atoms. The van der Waals surface area contributed by atoms with Crippen LogP contribution in [0, 0.1) is 0 Å². The third-order valence-electron chi connectivity index (χ3n) is 2.63. The van der Waals surface area contributed by atoms with Gasteiger partial charge in [0, 0.05) is 12.2 Å². The van der Waals surface area contributed by atoms with Crippen molar-refractivity contribution in [3.05, 3.63) is 18.2 Å². The number of hydrogen-bond donors (Lipinski definition) is 2. The molecular weight excluding hydrogens is 204 g/mol. The Kier molecular flexibility index (Phi) is 2.71. The van der Waals surface area contributed by atoms with Crippen LogP contribution in [0.25, 0.3) is 0 Å². The lowest BCUT2D eigenvalue weighted by atomic mass is 10.0. The van der Waals surface area contributed by atoms with E-state index < -0.39 is 5.54 Å². The van der Waals surface area contributed by atoms with E-state index in [0.29, 0.717) is 12.6 Å². The highest BCUT2D eigenvalue weighted by molar-refractivity contribution is 5.76. The standard InChI is InChI=1S/C11H18N4O/c1-11(2,12)9-5-13-7-15(9)6-10(16)14-8-3-4-8/h5,7-8H,3-4,6,12H2,1-2H3,(H,14,16). The molecule has 0 aromatic carbocycles. The first-order valence-electron chi connectivity index (χ1n) is 5.55. The van der Waals surface area contributed by atoms with Gasteiger partial charge in [-0.1, -0.05) is 0 Å². The van der Waals surface area contributed by atoms with Crippen LogP contribution < -0.4 is 11.1 Å². The molecule has 1 amide bonds. The number of aromatic nitrogens is 2. The molecule has 1 fully saturated rings. The fourth-order valence-electron chi connectivity index (χ4n) is 1.64. The monoisotopic (exact) mass is 222 g/mol. The van der Waals surface area contributed by atoms with Crippen molar-refractivity contribution in [2.75, 3.05) is 0 Å². The van der Waals surface area contributed by atoms with Crippen molar-refractivity contribution >= 4 is 5.91 Å². The highest BCUT2D eigenvalue weighted by atomic mass is 16.2. The quantitative estimate of drug-likeness (QED) is 0.772. The van der Waals surface area contributed by atoms with Crippen LogP contribution in [0.2, 0.25) is 0 Å². The first-order valence-corrected chi connectivity index (χ1v) is 5.55. The van der Waals surface area contributed by atoms with E-state index in [0.717, 1.165) is 18.5 Å². The van der Waals surface area contributed by atoms with E-state index in [1.165, 1.54) is 0 Å². The second kappa shape index (κ2) is 3.90. The number of hydrogen-bond acceptors (Lipinski definition) is 3. The van der Waals surface area contributed by atoms with Gasteiger partial charge in [0.1, 0.15) is 6.54 Å². The summed E-state index contributed by atoms with van der Waals surface area (Å²) < 4.78 is 1.80. The molecule has 1 aromatic heterocycles. The molecule has 3 N–H and O–H groups in total. The Morgan fingerprint density at radius 3 is 2.94 bits per heavy atom. The number of imidazole rings is 1. The van der Waals surface area contributed by atoms with E-state index in [1.807, 2.05) is 13.8 Å². The zero-order valence-electron chi connectivity index (χ0n) is 9.73. The molecule has 1 heterocycles. The molecule has 1 saturated carbocycles. The number of carbonyl (C=O) groups excluding carboxylic acids is 1. The smallest absolute Gasteiger partial charge is 0.240 e. The highest BCUT2D eigenvalue weighted by Crippen LogP contribution is 2.19. The number of nitrogens with two attached hydrogens (primary N) is 1. The van der Waals surface area contributed by atoms with Gasteiger partial charge in [0.15, 0.2) is 0 Å². The minimum atomic E-state index is -0.476. The molecule has 2 rings (SSSR count). The first-order chi connectivity index (χ1) is 7.47. The van der Waals surface area contributed by atoms with Gasteiger partial charge in [0.2, 0.25) is 5.91 Å². The molecule has 0 bridgehead atoms. The zero-order chi connectivity index (χ0) is 11.8. The summed E-state index contributed by atoms with van der Waals surface area (Å²) in [6.45, 7) is 4.10. The van der Waals surface area contributed by atoms with Crippen LogP contribution in [-0.4, -0.2) is 21.5 Å². The largest absolute Gasteiger partial charge is 0.352 e. The molecule has 1 aromatic rings. The Balaban J connectivity index is 2.03. The van der Waals surface area contributed by atoms with Gasteiger partial charge in [-0.15, -0.1) is 0 Å². The fourth-order valence-corrected chi connectivity index (χ4v) is 1.64. The maximum Gasteiger partial charge on any atom is 0.240 e. The number of carbonyl (C=O) groups is 1. The summed E-state index contributed by atoms with van der Waals surface area (Å²) in [5, 5.41) is 2.94. The van der Waals surface area contributed by atoms with Crippen molar-refractivity contribution in [3.63, 3.8) is 0 Å². The van der Waals surface area contributed by atoms with Crippen molar-refractivity contribution in [2.45, 2.75) is 44.8 Å². The van der Waals surface area contributed by atoms with E-state index in [9.17, 15) is 4.79 Å². The number of nitrogens with zero attached hydrogens (tertiary/aromatic N) is 2. The van der Waals surface area contributed by atoms with Crippen LogP contribution in [0.1, 0.15) is 32.4 Å². The maximum absolute atomic E-state index is 11.6. The van der Waals surface area contributed by atoms with Gasteiger partial charge in [-0.2, -0.15) is 0 Å². The molecule has 88 valence electrons. The van der Waals surface area contributed by atoms with Gasteiger partial charge in [-0.25, -0.2) is 4.98 Å². The first kappa shape index (κ1) is 11.1. The van der Waals surface area contributed by atoms with Gasteiger partial charge < -0.3 is 15.6 Å². The van der Waals surface area contributed by atoms with Crippen LogP contribution in [0.5, 0.6) is 0 Å². The minimum Gasteiger partial charge on any atom is -0.352 e. The Hall–Kier alpha value is -1.36. The average Bonchev–Trinajstić information content (AvgIpc) is 2.80. The molecule has 16 heavy (non-hydrogen) atoms. The summed E-state index contributed by atoms with van der Waals surface area (Å²) in [6.07, 6.45) is 5.57. The Morgan fingerprint density at radius 1 is 1.69 bits per heavy atom. The lowest BCUT2D eigenvalue weighted by molar-refractivity contribution is -0.121. The summed E-state index contributed by atoms with van der Waals surface area (Å²) in [6, 6.07) is 0.394. The topological polar surface area (TPSA) is 72.9 Å². The van der Waals surface area contributed by atoms with Gasteiger partial charge >= 0.3 is 0 Å². The van der Waals surface area contributed by atoms with Crippen molar-refractivity contribution in [2.24, 2.45) is 5.73 Å². The van der Waals surface area contributed by atoms with E-state index in [1.54, 1.807) is 17.1 Å². The molecule has 1 aliphatic carbocycles. The predicted molar refractivity (Wildman–Crippen MR) is 60.6 cm³/mol. The predicted octanol–water partition coefficient (Wildman–Crippen LogP) is 0.355. The summed E-state index contributed by atoms with van der Waals surface area (Å²) in [4.78, 5) is 15.7. The third kappa shape index (κ3) is 2.61. The molecule has 0 unspecified atom stereocenters. The molecule has 5 heteroatoms. The Morgan fingerprint density at radius 2 is 2.38 bits per heavy atom. The van der Waals surface area contributed by atoms with Crippen LogP contribution in [0.15, 0.2) is 12.5 Å². The van der Waals surface area contributed by atoms with Gasteiger partial charge in [0.25, 0.3) is 0 Å². The van der Waals surface area contributed by atoms with Crippen LogP contribution in [0.3, 0.4) is 0 Å². The Labute approximate surface area is 95.0 Å². The second-order valence-electron chi connectivity index (χ2n) is 4.97. The maximum atomic E-state index is 11.6. The molecule has 0 saturated heterocycles. The number of amides is 1. The van der Waals surface area contributed by atoms with Crippen molar-refractivity contribution in [1.82, 2.24) is 14.9 Å². The highest BCUT2D eigenvalue weighted by Gasteiger charge is 2.24. The van der Waals surface area contributed by atoms with Crippen molar-refractivity contribution in [1.29, 1.82) is 0 Å². The number of rotatable bonds is 4. The second-order valence-corrected chi connectivity index (χ2v) is 4.97. The van der Waals surface area contributed by atoms with Crippen LogP contribution >= 0.6 is 0 Å². The summed E-state index contributed by atoms with van der Waals surface area (Å²) in [5.74, 6) is 0.0333. The van der Waals surface area contributed by atoms with E-state index >= 15 is 0 Å². The van der Waals surface area contributed by atoms with Gasteiger partial charge in [-0.3, -0.25) is 4.79 Å². The van der Waals surface area contributed by atoms with Gasteiger partial charge in [-0.05, 0) is 26.7 Å². The van der Waals surface area contributed by atoms with Crippen molar-refractivity contribution < 1.29 is 4.79 Å². The lowest BCUT2D eigenvalue weighted by Gasteiger charge is -2.20. The molecule has 0 radical (unpaired) electrons. The Bertz CT molecular complexity index is 387. The summed E-state index contributed by atoms with van der Waals surface area (Å²) >= 11 is 0. The van der Waals surface area contributed by atoms with Crippen molar-refractivity contribution in [3.8, 4) is 0 Å². The molecular formula is C11H18N4O. The zero-order valence-corrected chi connectivity index (χ0v) is 9.73. The molecule has 0 atom stereocenters. The molecule has 5 nitrogen and oxygen atoms in total. The fraction of sp³-hybridized carbons (Fsp3) is 0.636. The lowest BCUT2D eigenvalue weighted by Crippen LogP contribution is -2.35. The van der Waals surface area contributed by atoms with E-state index in [4.69, 9.17) is 5.73 Å². The van der Waals surface area contributed by atoms with E-state index in [-0.39, 0.29) is 5.91 Å². The van der Waals surface area contributed by atoms with Crippen LogP contribution in [-0.2, 0) is 16.9 Å². The molecule has 0 aliphatic heterocycles. The summed E-state index contributed by atoms with van der Waals surface area (Å²) in [5.41, 5.74) is 6.40. The van der Waals surface area contributed by atoms with Gasteiger partial charge in [0.05, 0.1) is 17.6 Å². The number of nitrogens with one attached hydrogen (secondary N) is 1.